The lowest BCUT2D eigenvalue weighted by Gasteiger charge is -2.32. The number of nitrogens with one attached hydrogen (secondary N) is 1. The molecule has 2 aromatic rings. The minimum absolute atomic E-state index is 0.112. The predicted molar refractivity (Wildman–Crippen MR) is 149 cm³/mol. The molecule has 0 aromatic heterocycles. The van der Waals surface area contributed by atoms with Gasteiger partial charge < -0.3 is 10.2 Å². The van der Waals surface area contributed by atoms with Gasteiger partial charge in [0.2, 0.25) is 21.8 Å². The Morgan fingerprint density at radius 1 is 1.03 bits per heavy atom. The monoisotopic (exact) mass is 579 g/mol. The van der Waals surface area contributed by atoms with Gasteiger partial charge in [-0.15, -0.1) is 0 Å². The van der Waals surface area contributed by atoms with Crippen LogP contribution in [0.2, 0.25) is 0 Å². The smallest absolute Gasteiger partial charge is 0.242 e. The number of benzene rings is 2. The van der Waals surface area contributed by atoms with Crippen molar-refractivity contribution in [3.8, 4) is 0 Å². The summed E-state index contributed by atoms with van der Waals surface area (Å²) < 4.78 is 27.3. The van der Waals surface area contributed by atoms with E-state index in [-0.39, 0.29) is 31.3 Å². The molecule has 9 heteroatoms. The molecule has 0 radical (unpaired) electrons. The van der Waals surface area contributed by atoms with Crippen molar-refractivity contribution in [2.24, 2.45) is 0 Å². The van der Waals surface area contributed by atoms with Gasteiger partial charge >= 0.3 is 0 Å². The van der Waals surface area contributed by atoms with Crippen LogP contribution >= 0.6 is 15.9 Å². The van der Waals surface area contributed by atoms with Crippen LogP contribution in [0.25, 0.3) is 0 Å². The molecule has 0 saturated heterocycles. The number of nitrogens with zero attached hydrogens (tertiary/aromatic N) is 2. The van der Waals surface area contributed by atoms with Crippen molar-refractivity contribution in [2.45, 2.75) is 72.5 Å². The van der Waals surface area contributed by atoms with Gasteiger partial charge in [-0.1, -0.05) is 34.1 Å². The summed E-state index contributed by atoms with van der Waals surface area (Å²) in [4.78, 5) is 27.8. The molecule has 36 heavy (non-hydrogen) atoms. The van der Waals surface area contributed by atoms with Gasteiger partial charge in [0.25, 0.3) is 0 Å². The predicted octanol–water partition coefficient (Wildman–Crippen LogP) is 4.94. The molecular weight excluding hydrogens is 542 g/mol. The molecule has 0 spiro atoms. The molecule has 198 valence electrons. The molecule has 2 amide bonds. The van der Waals surface area contributed by atoms with Crippen molar-refractivity contribution in [1.82, 2.24) is 10.2 Å². The maximum Gasteiger partial charge on any atom is 0.242 e. The highest BCUT2D eigenvalue weighted by atomic mass is 79.9. The highest BCUT2D eigenvalue weighted by molar-refractivity contribution is 9.10. The number of halogens is 1. The maximum absolute atomic E-state index is 13.4. The first-order valence-corrected chi connectivity index (χ1v) is 14.6. The van der Waals surface area contributed by atoms with E-state index in [1.165, 1.54) is 10.6 Å². The molecule has 1 N–H and O–H groups in total. The summed E-state index contributed by atoms with van der Waals surface area (Å²) in [5.41, 5.74) is 2.99. The molecule has 7 nitrogen and oxygen atoms in total. The third kappa shape index (κ3) is 9.24. The molecule has 0 aliphatic rings. The van der Waals surface area contributed by atoms with Crippen LogP contribution in [0.1, 0.15) is 57.2 Å². The Morgan fingerprint density at radius 2 is 1.58 bits per heavy atom. The molecule has 0 heterocycles. The number of amides is 2. The number of carbonyl (C=O) groups excluding carboxylic acids is 2. The zero-order chi connectivity index (χ0) is 27.3. The average molecular weight is 581 g/mol. The number of aryl methyl sites for hydroxylation is 2. The number of rotatable bonds is 10. The van der Waals surface area contributed by atoms with Crippen LogP contribution < -0.4 is 9.62 Å². The number of hydrogen-bond donors (Lipinski definition) is 1. The summed E-state index contributed by atoms with van der Waals surface area (Å²) in [6.07, 6.45) is 1.61. The fourth-order valence-corrected chi connectivity index (χ4v) is 5.16. The summed E-state index contributed by atoms with van der Waals surface area (Å²) in [6.45, 7) is 11.7. The van der Waals surface area contributed by atoms with Gasteiger partial charge in [-0.3, -0.25) is 13.9 Å². The second-order valence-corrected chi connectivity index (χ2v) is 13.2. The van der Waals surface area contributed by atoms with Crippen LogP contribution in [0.4, 0.5) is 5.69 Å². The van der Waals surface area contributed by atoms with Gasteiger partial charge in [0.15, 0.2) is 0 Å². The van der Waals surface area contributed by atoms with E-state index in [0.717, 1.165) is 21.2 Å². The summed E-state index contributed by atoms with van der Waals surface area (Å²) in [7, 11) is -3.53. The number of hydrogen-bond acceptors (Lipinski definition) is 4. The number of carbonyl (C=O) groups is 2. The van der Waals surface area contributed by atoms with Crippen LogP contribution in [0.5, 0.6) is 0 Å². The van der Waals surface area contributed by atoms with Crippen molar-refractivity contribution >= 4 is 43.5 Å². The molecule has 0 unspecified atom stereocenters. The van der Waals surface area contributed by atoms with Crippen molar-refractivity contribution < 1.29 is 18.0 Å². The lowest BCUT2D eigenvalue weighted by molar-refractivity contribution is -0.141. The Balaban J connectivity index is 2.21. The highest BCUT2D eigenvalue weighted by Crippen LogP contribution is 2.22. The van der Waals surface area contributed by atoms with Crippen LogP contribution in [0.15, 0.2) is 46.9 Å². The average Bonchev–Trinajstić information content (AvgIpc) is 2.72. The molecule has 0 aliphatic carbocycles. The largest absolute Gasteiger partial charge is 0.350 e. The standard InChI is InChI=1S/C27H38BrN3O4S/c1-19-15-20(2)17-24(16-19)31(36(7,34)35)14-8-9-25(32)30(18-22-10-12-23(28)13-11-22)21(3)26(33)29-27(4,5)6/h10-13,15-17,21H,8-9,14,18H2,1-7H3,(H,29,33)/t21-/m1/s1. The normalized spacial score (nSPS) is 12.7. The van der Waals surface area contributed by atoms with E-state index < -0.39 is 21.6 Å². The molecular formula is C27H38BrN3O4S. The first kappa shape index (κ1) is 29.8. The van der Waals surface area contributed by atoms with E-state index >= 15 is 0 Å². The quantitative estimate of drug-likeness (QED) is 0.431. The molecule has 2 aromatic carbocycles. The third-order valence-corrected chi connectivity index (χ3v) is 7.30. The van der Waals surface area contributed by atoms with Gasteiger partial charge in [0.1, 0.15) is 6.04 Å². The van der Waals surface area contributed by atoms with Crippen molar-refractivity contribution in [3.05, 3.63) is 63.6 Å². The summed E-state index contributed by atoms with van der Waals surface area (Å²) in [6, 6.07) is 12.6. The van der Waals surface area contributed by atoms with Crippen LogP contribution in [0.3, 0.4) is 0 Å². The van der Waals surface area contributed by atoms with E-state index in [9.17, 15) is 18.0 Å². The van der Waals surface area contributed by atoms with Crippen LogP contribution in [-0.4, -0.2) is 49.5 Å². The van der Waals surface area contributed by atoms with Gasteiger partial charge in [-0.05, 0) is 88.9 Å². The Bertz CT molecular complexity index is 1150. The van der Waals surface area contributed by atoms with E-state index in [4.69, 9.17) is 0 Å². The van der Waals surface area contributed by atoms with Crippen LogP contribution in [-0.2, 0) is 26.2 Å². The Labute approximate surface area is 224 Å². The molecule has 0 aliphatic heterocycles. The van der Waals surface area contributed by atoms with E-state index in [2.05, 4.69) is 21.2 Å². The number of sulfonamides is 1. The van der Waals surface area contributed by atoms with Gasteiger partial charge in [0, 0.05) is 29.5 Å². The zero-order valence-corrected chi connectivity index (χ0v) is 24.7. The Kier molecular flexibility index (Phi) is 10.1. The van der Waals surface area contributed by atoms with Gasteiger partial charge in [-0.2, -0.15) is 0 Å². The van der Waals surface area contributed by atoms with Crippen LogP contribution in [0, 0.1) is 13.8 Å². The second-order valence-electron chi connectivity index (χ2n) is 10.3. The molecule has 0 fully saturated rings. The molecule has 1 atom stereocenters. The SMILES string of the molecule is Cc1cc(C)cc(N(CCCC(=O)N(Cc2ccc(Br)cc2)[C@H](C)C(=O)NC(C)(C)C)S(C)(=O)=O)c1. The van der Waals surface area contributed by atoms with Crippen molar-refractivity contribution in [1.29, 1.82) is 0 Å². The minimum Gasteiger partial charge on any atom is -0.350 e. The first-order valence-electron chi connectivity index (χ1n) is 12.0. The lowest BCUT2D eigenvalue weighted by atomic mass is 10.1. The Hall–Kier alpha value is -2.39. The summed E-state index contributed by atoms with van der Waals surface area (Å²) in [5.74, 6) is -0.440. The summed E-state index contributed by atoms with van der Waals surface area (Å²) >= 11 is 3.42. The molecule has 0 saturated carbocycles. The molecule has 0 bridgehead atoms. The zero-order valence-electron chi connectivity index (χ0n) is 22.3. The Morgan fingerprint density at radius 3 is 2.08 bits per heavy atom. The fraction of sp³-hybridized carbons (Fsp3) is 0.481. The first-order chi connectivity index (χ1) is 16.6. The third-order valence-electron chi connectivity index (χ3n) is 5.58. The minimum atomic E-state index is -3.53. The van der Waals surface area contributed by atoms with Crippen molar-refractivity contribution in [3.63, 3.8) is 0 Å². The summed E-state index contributed by atoms with van der Waals surface area (Å²) in [5, 5.41) is 2.95. The van der Waals surface area contributed by atoms with E-state index in [1.54, 1.807) is 11.8 Å². The highest BCUT2D eigenvalue weighted by Gasteiger charge is 2.28. The lowest BCUT2D eigenvalue weighted by Crippen LogP contribution is -2.52. The molecule has 2 rings (SSSR count). The van der Waals surface area contributed by atoms with E-state index in [0.29, 0.717) is 12.1 Å². The van der Waals surface area contributed by atoms with Crippen molar-refractivity contribution in [2.75, 3.05) is 17.1 Å². The topological polar surface area (TPSA) is 86.8 Å². The second kappa shape index (κ2) is 12.2. The maximum atomic E-state index is 13.4. The fourth-order valence-electron chi connectivity index (χ4n) is 3.94. The van der Waals surface area contributed by atoms with Gasteiger partial charge in [-0.25, -0.2) is 8.42 Å². The van der Waals surface area contributed by atoms with E-state index in [1.807, 2.05) is 77.1 Å². The number of anilines is 1. The van der Waals surface area contributed by atoms with Gasteiger partial charge in [0.05, 0.1) is 11.9 Å².